The van der Waals surface area contributed by atoms with Crippen molar-refractivity contribution in [1.82, 2.24) is 5.32 Å². The Bertz CT molecular complexity index is 770. The van der Waals surface area contributed by atoms with Crippen molar-refractivity contribution in [3.8, 4) is 0 Å². The third-order valence-corrected chi connectivity index (χ3v) is 5.05. The van der Waals surface area contributed by atoms with Gasteiger partial charge in [0.1, 0.15) is 0 Å². The lowest BCUT2D eigenvalue weighted by Gasteiger charge is -2.29. The SMILES string of the molecule is Cc1ccc(S(=O)(=O)O)cc1.Cc1ccc([C@@H]2NCCC[C@@H]2O)cc1. The summed E-state index contributed by atoms with van der Waals surface area (Å²) in [7, 11) is -4.02. The molecular formula is C19H25NO4S. The molecule has 6 heteroatoms. The van der Waals surface area contributed by atoms with Crippen LogP contribution < -0.4 is 5.32 Å². The van der Waals surface area contributed by atoms with E-state index in [0.717, 1.165) is 24.9 Å². The van der Waals surface area contributed by atoms with Crippen molar-refractivity contribution in [2.24, 2.45) is 0 Å². The normalized spacial score (nSPS) is 20.5. The predicted molar refractivity (Wildman–Crippen MR) is 98.2 cm³/mol. The summed E-state index contributed by atoms with van der Waals surface area (Å²) in [4.78, 5) is -0.0666. The van der Waals surface area contributed by atoms with Crippen LogP contribution >= 0.6 is 0 Å². The van der Waals surface area contributed by atoms with Gasteiger partial charge in [0.15, 0.2) is 0 Å². The second-order valence-corrected chi connectivity index (χ2v) is 7.76. The smallest absolute Gasteiger partial charge is 0.294 e. The molecule has 1 aliphatic heterocycles. The molecule has 2 aromatic rings. The summed E-state index contributed by atoms with van der Waals surface area (Å²) in [5, 5.41) is 13.2. The van der Waals surface area contributed by atoms with Crippen molar-refractivity contribution in [2.75, 3.05) is 6.54 Å². The molecule has 0 bridgehead atoms. The van der Waals surface area contributed by atoms with Crippen LogP contribution in [0.15, 0.2) is 53.4 Å². The number of benzene rings is 2. The van der Waals surface area contributed by atoms with Crippen LogP contribution in [0.25, 0.3) is 0 Å². The van der Waals surface area contributed by atoms with Crippen LogP contribution in [-0.2, 0) is 10.1 Å². The summed E-state index contributed by atoms with van der Waals surface area (Å²) >= 11 is 0. The number of aliphatic hydroxyl groups is 1. The first kappa shape index (κ1) is 19.6. The summed E-state index contributed by atoms with van der Waals surface area (Å²) < 4.78 is 29.6. The van der Waals surface area contributed by atoms with E-state index in [0.29, 0.717) is 0 Å². The molecule has 136 valence electrons. The van der Waals surface area contributed by atoms with Gasteiger partial charge in [0.05, 0.1) is 17.0 Å². The van der Waals surface area contributed by atoms with Gasteiger partial charge in [-0.3, -0.25) is 4.55 Å². The van der Waals surface area contributed by atoms with Crippen LogP contribution in [0.4, 0.5) is 0 Å². The molecule has 1 fully saturated rings. The van der Waals surface area contributed by atoms with Crippen molar-refractivity contribution >= 4 is 10.1 Å². The molecular weight excluding hydrogens is 338 g/mol. The monoisotopic (exact) mass is 363 g/mol. The minimum atomic E-state index is -4.02. The number of nitrogens with one attached hydrogen (secondary N) is 1. The van der Waals surface area contributed by atoms with Gasteiger partial charge in [-0.2, -0.15) is 8.42 Å². The molecule has 0 spiro atoms. The van der Waals surface area contributed by atoms with Gasteiger partial charge in [-0.1, -0.05) is 47.5 Å². The molecule has 0 unspecified atom stereocenters. The minimum Gasteiger partial charge on any atom is -0.391 e. The maximum atomic E-state index is 10.5. The van der Waals surface area contributed by atoms with Crippen LogP contribution in [-0.4, -0.2) is 30.7 Å². The third kappa shape index (κ3) is 5.93. The molecule has 1 heterocycles. The maximum Gasteiger partial charge on any atom is 0.294 e. The molecule has 2 aromatic carbocycles. The van der Waals surface area contributed by atoms with E-state index >= 15 is 0 Å². The van der Waals surface area contributed by atoms with E-state index in [-0.39, 0.29) is 17.0 Å². The van der Waals surface area contributed by atoms with Gasteiger partial charge in [-0.15, -0.1) is 0 Å². The van der Waals surface area contributed by atoms with Gasteiger partial charge >= 0.3 is 0 Å². The molecule has 1 saturated heterocycles. The zero-order valence-corrected chi connectivity index (χ0v) is 15.3. The van der Waals surface area contributed by atoms with E-state index in [2.05, 4.69) is 36.5 Å². The zero-order chi connectivity index (χ0) is 18.4. The first-order valence-electron chi connectivity index (χ1n) is 8.29. The van der Waals surface area contributed by atoms with Crippen molar-refractivity contribution in [2.45, 2.75) is 43.7 Å². The number of piperidine rings is 1. The number of rotatable bonds is 2. The van der Waals surface area contributed by atoms with E-state index in [4.69, 9.17) is 4.55 Å². The molecule has 25 heavy (non-hydrogen) atoms. The average Bonchev–Trinajstić information content (AvgIpc) is 2.56. The number of aliphatic hydroxyl groups excluding tert-OH is 1. The van der Waals surface area contributed by atoms with E-state index in [1.807, 2.05) is 6.92 Å². The Labute approximate surface area is 149 Å². The molecule has 3 N–H and O–H groups in total. The fourth-order valence-electron chi connectivity index (χ4n) is 2.70. The Morgan fingerprint density at radius 3 is 1.96 bits per heavy atom. The van der Waals surface area contributed by atoms with Gasteiger partial charge in [0.2, 0.25) is 0 Å². The highest BCUT2D eigenvalue weighted by atomic mass is 32.2. The Balaban J connectivity index is 0.000000186. The Morgan fingerprint density at radius 1 is 0.960 bits per heavy atom. The Morgan fingerprint density at radius 2 is 1.48 bits per heavy atom. The highest BCUT2D eigenvalue weighted by Crippen LogP contribution is 2.23. The molecule has 0 aliphatic carbocycles. The molecule has 0 aromatic heterocycles. The summed E-state index contributed by atoms with van der Waals surface area (Å²) in [5.74, 6) is 0. The van der Waals surface area contributed by atoms with Crippen LogP contribution in [0.5, 0.6) is 0 Å². The number of hydrogen-bond acceptors (Lipinski definition) is 4. The standard InChI is InChI=1S/C12H17NO.C7H8O3S/c1-9-4-6-10(7-5-9)12-11(14)3-2-8-13-12;1-6-2-4-7(5-3-6)11(8,9)10/h4-7,11-14H,2-3,8H2,1H3;2-5H,1H3,(H,8,9,10)/t11-,12-;/m0./s1. The van der Waals surface area contributed by atoms with E-state index < -0.39 is 10.1 Å². The first-order valence-corrected chi connectivity index (χ1v) is 9.73. The van der Waals surface area contributed by atoms with Crippen LogP contribution in [0.1, 0.15) is 35.6 Å². The van der Waals surface area contributed by atoms with E-state index in [1.165, 1.54) is 23.3 Å². The molecule has 1 aliphatic rings. The predicted octanol–water partition coefficient (Wildman–Crippen LogP) is 3.02. The third-order valence-electron chi connectivity index (χ3n) is 4.18. The number of hydrogen-bond donors (Lipinski definition) is 3. The van der Waals surface area contributed by atoms with Crippen LogP contribution in [0, 0.1) is 13.8 Å². The summed E-state index contributed by atoms with van der Waals surface area (Å²) in [6, 6.07) is 14.5. The van der Waals surface area contributed by atoms with Gasteiger partial charge < -0.3 is 10.4 Å². The van der Waals surface area contributed by atoms with Gasteiger partial charge in [-0.25, -0.2) is 0 Å². The Hall–Kier alpha value is -1.73. The Kier molecular flexibility index (Phi) is 6.72. The molecule has 0 amide bonds. The van der Waals surface area contributed by atoms with Crippen LogP contribution in [0.3, 0.4) is 0 Å². The summed E-state index contributed by atoms with van der Waals surface area (Å²) in [6.45, 7) is 4.93. The minimum absolute atomic E-state index is 0.0666. The van der Waals surface area contributed by atoms with E-state index in [9.17, 15) is 13.5 Å². The second kappa shape index (κ2) is 8.58. The first-order chi connectivity index (χ1) is 11.8. The lowest BCUT2D eigenvalue weighted by molar-refractivity contribution is 0.0965. The van der Waals surface area contributed by atoms with Crippen molar-refractivity contribution in [3.63, 3.8) is 0 Å². The highest BCUT2D eigenvalue weighted by Gasteiger charge is 2.23. The van der Waals surface area contributed by atoms with E-state index in [1.54, 1.807) is 12.1 Å². The van der Waals surface area contributed by atoms with Gasteiger partial charge in [0, 0.05) is 0 Å². The summed E-state index contributed by atoms with van der Waals surface area (Å²) in [5.41, 5.74) is 3.42. The topological polar surface area (TPSA) is 86.6 Å². The highest BCUT2D eigenvalue weighted by molar-refractivity contribution is 7.85. The van der Waals surface area contributed by atoms with Gasteiger partial charge in [0.25, 0.3) is 10.1 Å². The average molecular weight is 363 g/mol. The maximum absolute atomic E-state index is 10.5. The van der Waals surface area contributed by atoms with Crippen molar-refractivity contribution < 1.29 is 18.1 Å². The zero-order valence-electron chi connectivity index (χ0n) is 14.5. The fraction of sp³-hybridized carbons (Fsp3) is 0.368. The van der Waals surface area contributed by atoms with Crippen molar-refractivity contribution in [1.29, 1.82) is 0 Å². The molecule has 0 saturated carbocycles. The van der Waals surface area contributed by atoms with Crippen LogP contribution in [0.2, 0.25) is 0 Å². The molecule has 5 nitrogen and oxygen atoms in total. The lowest BCUT2D eigenvalue weighted by atomic mass is 9.94. The quantitative estimate of drug-likeness (QED) is 0.714. The lowest BCUT2D eigenvalue weighted by Crippen LogP contribution is -2.37. The van der Waals surface area contributed by atoms with Gasteiger partial charge in [-0.05, 0) is 50.9 Å². The largest absolute Gasteiger partial charge is 0.391 e. The summed E-state index contributed by atoms with van der Waals surface area (Å²) in [6.07, 6.45) is 1.75. The molecule has 0 radical (unpaired) electrons. The number of aryl methyl sites for hydroxylation is 2. The van der Waals surface area contributed by atoms with Crippen molar-refractivity contribution in [3.05, 3.63) is 65.2 Å². The molecule has 3 rings (SSSR count). The second-order valence-electron chi connectivity index (χ2n) is 6.34. The fourth-order valence-corrected chi connectivity index (χ4v) is 3.18. The molecule has 2 atom stereocenters.